The zero-order valence-corrected chi connectivity index (χ0v) is 18.9. The highest BCUT2D eigenvalue weighted by molar-refractivity contribution is 5.88. The molecular weight excluding hydrogens is 609 g/mol. The third-order valence-electron chi connectivity index (χ3n) is 6.97. The number of ether oxygens (including phenoxy) is 3. The zero-order chi connectivity index (χ0) is 31.6. The van der Waals surface area contributed by atoms with Crippen LogP contribution in [0.5, 0.6) is 0 Å². The van der Waals surface area contributed by atoms with E-state index in [0.29, 0.717) is 0 Å². The average Bonchev–Trinajstić information content (AvgIpc) is 2.80. The van der Waals surface area contributed by atoms with Crippen LogP contribution in [0.25, 0.3) is 0 Å². The van der Waals surface area contributed by atoms with Gasteiger partial charge in [0.1, 0.15) is 6.61 Å². The number of carbonyl (C=O) groups is 3. The molecule has 4 aliphatic rings. The second-order valence-corrected chi connectivity index (χ2v) is 9.00. The Bertz CT molecular complexity index is 1070. The molecular formula is C19H11F15O6. The lowest BCUT2D eigenvalue weighted by atomic mass is 9.36. The highest BCUT2D eigenvalue weighted by atomic mass is 19.3. The third-order valence-corrected chi connectivity index (χ3v) is 6.97. The molecule has 0 aromatic rings. The van der Waals surface area contributed by atoms with Crippen LogP contribution >= 0.6 is 0 Å². The van der Waals surface area contributed by atoms with E-state index < -0.39 is 95.7 Å². The molecule has 0 heterocycles. The highest BCUT2D eigenvalue weighted by Crippen LogP contribution is 2.90. The molecule has 0 atom stereocenters. The topological polar surface area (TPSA) is 78.9 Å². The van der Waals surface area contributed by atoms with Crippen LogP contribution in [-0.2, 0) is 28.6 Å². The molecule has 4 rings (SSSR count). The van der Waals surface area contributed by atoms with E-state index in [9.17, 15) is 80.2 Å². The van der Waals surface area contributed by atoms with Crippen LogP contribution in [0.15, 0.2) is 12.2 Å². The number of esters is 3. The summed E-state index contributed by atoms with van der Waals surface area (Å²) in [5, 5.41) is 0. The van der Waals surface area contributed by atoms with Gasteiger partial charge >= 0.3 is 70.4 Å². The van der Waals surface area contributed by atoms with Crippen molar-refractivity contribution in [1.82, 2.24) is 0 Å². The van der Waals surface area contributed by atoms with E-state index >= 15 is 0 Å². The molecule has 0 aliphatic heterocycles. The number of hydrogen-bond acceptors (Lipinski definition) is 6. The first-order chi connectivity index (χ1) is 17.6. The smallest absolute Gasteiger partial charge is 0.344 e. The monoisotopic (exact) mass is 620 g/mol. The van der Waals surface area contributed by atoms with Crippen molar-refractivity contribution >= 4 is 17.9 Å². The molecule has 0 saturated heterocycles. The van der Waals surface area contributed by atoms with Crippen molar-refractivity contribution in [3.8, 4) is 0 Å². The lowest BCUT2D eigenvalue weighted by Crippen LogP contribution is -3.08. The Morgan fingerprint density at radius 2 is 0.825 bits per heavy atom. The van der Waals surface area contributed by atoms with Gasteiger partial charge in [-0.15, -0.1) is 0 Å². The normalized spacial score (nSPS) is 38.3. The molecule has 4 saturated carbocycles. The van der Waals surface area contributed by atoms with Gasteiger partial charge in [-0.2, -0.15) is 26.3 Å². The van der Waals surface area contributed by atoms with Gasteiger partial charge in [0.05, 0.1) is 0 Å². The standard InChI is InChI=1S/C19H11F15O6/c1-6(2)9(37)39-4-7(35)38-3-8(36)40-5-10-14(23,24)11(20)17(29,30)12(21,15(10,25)26)19(33,34)13(22,16(10,27)28)18(11,31)32/h1,3-5H2,2H3. The van der Waals surface area contributed by atoms with Crippen LogP contribution in [0.1, 0.15) is 6.92 Å². The van der Waals surface area contributed by atoms with Gasteiger partial charge in [-0.05, 0) is 6.92 Å². The van der Waals surface area contributed by atoms with Gasteiger partial charge in [0.25, 0.3) is 0 Å². The Balaban J connectivity index is 2.08. The minimum Gasteiger partial charge on any atom is -0.462 e. The van der Waals surface area contributed by atoms with Crippen LogP contribution in [0, 0.1) is 5.41 Å². The first kappa shape index (κ1) is 31.6. The first-order valence-corrected chi connectivity index (χ1v) is 10.1. The summed E-state index contributed by atoms with van der Waals surface area (Å²) in [5.74, 6) is -52.5. The van der Waals surface area contributed by atoms with E-state index in [2.05, 4.69) is 20.8 Å². The lowest BCUT2D eigenvalue weighted by molar-refractivity contribution is -0.613. The number of rotatable bonds is 7. The molecule has 228 valence electrons. The van der Waals surface area contributed by atoms with Gasteiger partial charge in [-0.1, -0.05) is 6.58 Å². The van der Waals surface area contributed by atoms with Crippen molar-refractivity contribution in [2.45, 2.75) is 59.5 Å². The van der Waals surface area contributed by atoms with Crippen LogP contribution in [0.3, 0.4) is 0 Å². The van der Waals surface area contributed by atoms with E-state index in [1.54, 1.807) is 0 Å². The SMILES string of the molecule is C=C(C)C(=O)OCC(=O)OCC(=O)OCC12C(F)(F)C3(F)C(F)(F)C(F)(C(F)(F)C(F)(C3(F)F)C1(F)F)C2(F)F. The first-order valence-electron chi connectivity index (χ1n) is 10.1. The highest BCUT2D eigenvalue weighted by Gasteiger charge is 3.22. The largest absolute Gasteiger partial charge is 0.462 e. The molecule has 0 amide bonds. The van der Waals surface area contributed by atoms with Gasteiger partial charge < -0.3 is 14.2 Å². The zero-order valence-electron chi connectivity index (χ0n) is 18.9. The average molecular weight is 620 g/mol. The summed E-state index contributed by atoms with van der Waals surface area (Å²) in [6, 6.07) is 0. The van der Waals surface area contributed by atoms with E-state index in [0.717, 1.165) is 6.92 Å². The van der Waals surface area contributed by atoms with Crippen molar-refractivity contribution in [1.29, 1.82) is 0 Å². The maximum Gasteiger partial charge on any atom is 0.344 e. The summed E-state index contributed by atoms with van der Waals surface area (Å²) in [6.07, 6.45) is 0. The Hall–Kier alpha value is -2.90. The summed E-state index contributed by atoms with van der Waals surface area (Å²) in [7, 11) is 0. The van der Waals surface area contributed by atoms with Crippen LogP contribution in [-0.4, -0.2) is 90.3 Å². The van der Waals surface area contributed by atoms with Gasteiger partial charge in [-0.25, -0.2) is 53.9 Å². The van der Waals surface area contributed by atoms with Crippen molar-refractivity contribution in [2.75, 3.05) is 19.8 Å². The second kappa shape index (κ2) is 7.89. The minimum absolute atomic E-state index is 0.283. The number of alkyl halides is 15. The van der Waals surface area contributed by atoms with Crippen LogP contribution in [0.4, 0.5) is 65.9 Å². The maximum absolute atomic E-state index is 15.0. The lowest BCUT2D eigenvalue weighted by Gasteiger charge is -2.75. The molecule has 0 unspecified atom stereocenters. The molecule has 6 nitrogen and oxygen atoms in total. The van der Waals surface area contributed by atoms with E-state index in [-0.39, 0.29) is 5.57 Å². The Morgan fingerprint density at radius 1 is 0.525 bits per heavy atom. The van der Waals surface area contributed by atoms with Crippen molar-refractivity contribution < 1.29 is 94.5 Å². The quantitative estimate of drug-likeness (QED) is 0.184. The fourth-order valence-corrected chi connectivity index (χ4v) is 4.89. The summed E-state index contributed by atoms with van der Waals surface area (Å²) in [5.41, 5.74) is -30.7. The summed E-state index contributed by atoms with van der Waals surface area (Å²) in [6.45, 7) is -2.91. The molecule has 0 N–H and O–H groups in total. The van der Waals surface area contributed by atoms with Crippen LogP contribution < -0.4 is 0 Å². The molecule has 4 aliphatic carbocycles. The summed E-state index contributed by atoms with van der Waals surface area (Å²) < 4.78 is 232. The van der Waals surface area contributed by atoms with E-state index in [1.165, 1.54) is 0 Å². The third kappa shape index (κ3) is 2.61. The molecule has 40 heavy (non-hydrogen) atoms. The fraction of sp³-hybridized carbons (Fsp3) is 0.737. The van der Waals surface area contributed by atoms with Crippen LogP contribution in [0.2, 0.25) is 0 Å². The van der Waals surface area contributed by atoms with Gasteiger partial charge in [-0.3, -0.25) is 0 Å². The number of carbonyl (C=O) groups excluding carboxylic acids is 3. The molecule has 0 radical (unpaired) electrons. The Labute approximate surface area is 210 Å². The number of hydrogen-bond donors (Lipinski definition) is 0. The fourth-order valence-electron chi connectivity index (χ4n) is 4.89. The molecule has 0 aromatic carbocycles. The molecule has 0 aromatic heterocycles. The van der Waals surface area contributed by atoms with E-state index in [4.69, 9.17) is 0 Å². The predicted octanol–water partition coefficient (Wildman–Crippen LogP) is 4.16. The predicted molar refractivity (Wildman–Crippen MR) is 91.3 cm³/mol. The summed E-state index contributed by atoms with van der Waals surface area (Å²) in [4.78, 5) is 34.1. The van der Waals surface area contributed by atoms with Crippen molar-refractivity contribution in [3.05, 3.63) is 12.2 Å². The van der Waals surface area contributed by atoms with Gasteiger partial charge in [0.2, 0.25) is 5.41 Å². The number of halogens is 15. The van der Waals surface area contributed by atoms with Gasteiger partial charge in [0, 0.05) is 5.57 Å². The molecule has 4 fully saturated rings. The molecule has 4 bridgehead atoms. The molecule has 21 heteroatoms. The van der Waals surface area contributed by atoms with Crippen molar-refractivity contribution in [2.24, 2.45) is 5.41 Å². The minimum atomic E-state index is -7.96. The van der Waals surface area contributed by atoms with Gasteiger partial charge in [0.15, 0.2) is 13.2 Å². The Morgan fingerprint density at radius 3 is 1.15 bits per heavy atom. The maximum atomic E-state index is 15.0. The molecule has 0 spiro atoms. The Kier molecular flexibility index (Phi) is 6.23. The van der Waals surface area contributed by atoms with Crippen molar-refractivity contribution in [3.63, 3.8) is 0 Å². The summed E-state index contributed by atoms with van der Waals surface area (Å²) >= 11 is 0. The second-order valence-electron chi connectivity index (χ2n) is 9.00. The van der Waals surface area contributed by atoms with E-state index in [1.807, 2.05) is 0 Å².